The highest BCUT2D eigenvalue weighted by Crippen LogP contribution is 2.27. The summed E-state index contributed by atoms with van der Waals surface area (Å²) in [6, 6.07) is 6.46. The summed E-state index contributed by atoms with van der Waals surface area (Å²) in [5, 5.41) is 8.70. The summed E-state index contributed by atoms with van der Waals surface area (Å²) < 4.78 is 5.45. The number of hydrogen-bond acceptors (Lipinski definition) is 4. The summed E-state index contributed by atoms with van der Waals surface area (Å²) in [5.41, 5.74) is 5.46. The number of benzene rings is 1. The molecule has 0 saturated heterocycles. The molecule has 1 amide bonds. The Labute approximate surface area is 112 Å². The van der Waals surface area contributed by atoms with Crippen molar-refractivity contribution in [3.8, 4) is 11.8 Å². The molecule has 0 unspecified atom stereocenters. The molecular formula is C12H9BrN2O3. The Morgan fingerprint density at radius 2 is 2.17 bits per heavy atom. The van der Waals surface area contributed by atoms with Crippen LogP contribution in [0.4, 0.5) is 0 Å². The smallest absolute Gasteiger partial charge is 0.308 e. The van der Waals surface area contributed by atoms with E-state index in [9.17, 15) is 9.59 Å². The molecule has 0 heterocycles. The standard InChI is InChI=1S/C12H9BrN2O3/c1-7(16)18-11-3-2-8(5-10(11)13)4-9(6-14)12(15)17/h2-5H,1H3,(H2,15,17)/b9-4+. The zero-order valence-corrected chi connectivity index (χ0v) is 11.0. The van der Waals surface area contributed by atoms with Gasteiger partial charge in [-0.25, -0.2) is 0 Å². The number of amides is 1. The number of halogens is 1. The van der Waals surface area contributed by atoms with Gasteiger partial charge in [0.1, 0.15) is 17.4 Å². The lowest BCUT2D eigenvalue weighted by molar-refractivity contribution is -0.131. The van der Waals surface area contributed by atoms with Gasteiger partial charge in [-0.1, -0.05) is 6.07 Å². The maximum atomic E-state index is 10.9. The molecule has 0 spiro atoms. The van der Waals surface area contributed by atoms with Crippen molar-refractivity contribution in [2.45, 2.75) is 6.92 Å². The Balaban J connectivity index is 3.09. The third-order valence-corrected chi connectivity index (χ3v) is 2.53. The monoisotopic (exact) mass is 308 g/mol. The normalized spacial score (nSPS) is 10.6. The van der Waals surface area contributed by atoms with E-state index in [1.165, 1.54) is 13.0 Å². The number of carbonyl (C=O) groups excluding carboxylic acids is 2. The molecule has 0 atom stereocenters. The van der Waals surface area contributed by atoms with Gasteiger partial charge in [0.2, 0.25) is 0 Å². The molecule has 0 aromatic heterocycles. The van der Waals surface area contributed by atoms with Gasteiger partial charge >= 0.3 is 5.97 Å². The van der Waals surface area contributed by atoms with E-state index in [2.05, 4.69) is 15.9 Å². The van der Waals surface area contributed by atoms with Crippen molar-refractivity contribution in [1.29, 1.82) is 5.26 Å². The van der Waals surface area contributed by atoms with Crippen LogP contribution in [0.1, 0.15) is 12.5 Å². The van der Waals surface area contributed by atoms with Crippen LogP contribution in [0.15, 0.2) is 28.2 Å². The van der Waals surface area contributed by atoms with Crippen LogP contribution in [0.2, 0.25) is 0 Å². The summed E-state index contributed by atoms with van der Waals surface area (Å²) >= 11 is 3.22. The molecular weight excluding hydrogens is 300 g/mol. The van der Waals surface area contributed by atoms with E-state index in [1.807, 2.05) is 0 Å². The summed E-state index contributed by atoms with van der Waals surface area (Å²) in [7, 11) is 0. The highest BCUT2D eigenvalue weighted by Gasteiger charge is 2.07. The Kier molecular flexibility index (Phi) is 4.63. The molecule has 5 nitrogen and oxygen atoms in total. The van der Waals surface area contributed by atoms with Crippen LogP contribution in [0.3, 0.4) is 0 Å². The Hall–Kier alpha value is -2.13. The van der Waals surface area contributed by atoms with E-state index in [0.717, 1.165) is 0 Å². The van der Waals surface area contributed by atoms with Gasteiger partial charge in [0.15, 0.2) is 0 Å². The van der Waals surface area contributed by atoms with Crippen molar-refractivity contribution in [1.82, 2.24) is 0 Å². The Bertz CT molecular complexity index is 573. The summed E-state index contributed by atoms with van der Waals surface area (Å²) in [4.78, 5) is 21.7. The maximum absolute atomic E-state index is 10.9. The summed E-state index contributed by atoms with van der Waals surface area (Å²) in [5.74, 6) is -0.872. The highest BCUT2D eigenvalue weighted by molar-refractivity contribution is 9.10. The quantitative estimate of drug-likeness (QED) is 0.398. The zero-order valence-electron chi connectivity index (χ0n) is 9.44. The molecule has 0 fully saturated rings. The lowest BCUT2D eigenvalue weighted by atomic mass is 10.1. The van der Waals surface area contributed by atoms with Crippen molar-refractivity contribution in [3.63, 3.8) is 0 Å². The van der Waals surface area contributed by atoms with Gasteiger partial charge in [0.05, 0.1) is 4.47 Å². The van der Waals surface area contributed by atoms with Crippen molar-refractivity contribution < 1.29 is 14.3 Å². The lowest BCUT2D eigenvalue weighted by Crippen LogP contribution is -2.12. The lowest BCUT2D eigenvalue weighted by Gasteiger charge is -2.04. The molecule has 1 aromatic rings. The van der Waals surface area contributed by atoms with Crippen LogP contribution >= 0.6 is 15.9 Å². The Morgan fingerprint density at radius 3 is 2.61 bits per heavy atom. The SMILES string of the molecule is CC(=O)Oc1ccc(/C=C(\C#N)C(N)=O)cc1Br. The molecule has 1 aromatic carbocycles. The topological polar surface area (TPSA) is 93.2 Å². The molecule has 0 aliphatic rings. The Morgan fingerprint density at radius 1 is 1.50 bits per heavy atom. The number of hydrogen-bond donors (Lipinski definition) is 1. The highest BCUT2D eigenvalue weighted by atomic mass is 79.9. The number of esters is 1. The van der Waals surface area contributed by atoms with Gasteiger partial charge in [0.25, 0.3) is 5.91 Å². The average Bonchev–Trinajstić information content (AvgIpc) is 2.28. The van der Waals surface area contributed by atoms with E-state index in [4.69, 9.17) is 15.7 Å². The van der Waals surface area contributed by atoms with Crippen LogP contribution in [0.5, 0.6) is 5.75 Å². The number of rotatable bonds is 3. The molecule has 6 heteroatoms. The fraction of sp³-hybridized carbons (Fsp3) is 0.0833. The summed E-state index contributed by atoms with van der Waals surface area (Å²) in [6.07, 6.45) is 1.35. The molecule has 92 valence electrons. The minimum absolute atomic E-state index is 0.151. The second-order valence-corrected chi connectivity index (χ2v) is 4.17. The minimum atomic E-state index is -0.794. The fourth-order valence-electron chi connectivity index (χ4n) is 1.17. The first kappa shape index (κ1) is 13.9. The predicted octanol–water partition coefficient (Wildman–Crippen LogP) is 1.77. The first-order valence-corrected chi connectivity index (χ1v) is 5.63. The fourth-order valence-corrected chi connectivity index (χ4v) is 1.65. The maximum Gasteiger partial charge on any atom is 0.308 e. The second-order valence-electron chi connectivity index (χ2n) is 3.32. The first-order chi connectivity index (χ1) is 8.43. The predicted molar refractivity (Wildman–Crippen MR) is 68.2 cm³/mol. The molecule has 0 bridgehead atoms. The third-order valence-electron chi connectivity index (χ3n) is 1.91. The summed E-state index contributed by atoms with van der Waals surface area (Å²) in [6.45, 7) is 1.29. The molecule has 2 N–H and O–H groups in total. The molecule has 0 aliphatic carbocycles. The van der Waals surface area contributed by atoms with Crippen molar-refractivity contribution in [2.24, 2.45) is 5.73 Å². The number of nitrogens with two attached hydrogens (primary N) is 1. The zero-order chi connectivity index (χ0) is 13.7. The van der Waals surface area contributed by atoms with Crippen LogP contribution in [-0.2, 0) is 9.59 Å². The number of carbonyl (C=O) groups is 2. The second kappa shape index (κ2) is 5.98. The van der Waals surface area contributed by atoms with Gasteiger partial charge in [-0.2, -0.15) is 5.26 Å². The van der Waals surface area contributed by atoms with Crippen LogP contribution < -0.4 is 10.5 Å². The van der Waals surface area contributed by atoms with Gasteiger partial charge in [-0.15, -0.1) is 0 Å². The van der Waals surface area contributed by atoms with Crippen LogP contribution in [-0.4, -0.2) is 11.9 Å². The number of ether oxygens (including phenoxy) is 1. The average molecular weight is 309 g/mol. The van der Waals surface area contributed by atoms with Crippen LogP contribution in [0.25, 0.3) is 6.08 Å². The van der Waals surface area contributed by atoms with Gasteiger partial charge in [-0.05, 0) is 39.7 Å². The van der Waals surface area contributed by atoms with Gasteiger partial charge in [0, 0.05) is 6.92 Å². The van der Waals surface area contributed by atoms with Gasteiger partial charge in [-0.3, -0.25) is 9.59 Å². The van der Waals surface area contributed by atoms with E-state index in [0.29, 0.717) is 15.8 Å². The largest absolute Gasteiger partial charge is 0.426 e. The van der Waals surface area contributed by atoms with E-state index in [1.54, 1.807) is 24.3 Å². The van der Waals surface area contributed by atoms with Crippen molar-refractivity contribution in [3.05, 3.63) is 33.8 Å². The molecule has 18 heavy (non-hydrogen) atoms. The first-order valence-electron chi connectivity index (χ1n) is 4.83. The van der Waals surface area contributed by atoms with Crippen molar-refractivity contribution in [2.75, 3.05) is 0 Å². The van der Waals surface area contributed by atoms with E-state index >= 15 is 0 Å². The molecule has 0 aliphatic heterocycles. The van der Waals surface area contributed by atoms with Gasteiger partial charge < -0.3 is 10.5 Å². The number of primary amides is 1. The van der Waals surface area contributed by atoms with E-state index in [-0.39, 0.29) is 5.57 Å². The number of nitriles is 1. The number of nitrogens with zero attached hydrogens (tertiary/aromatic N) is 1. The van der Waals surface area contributed by atoms with Crippen molar-refractivity contribution >= 4 is 33.9 Å². The van der Waals surface area contributed by atoms with Crippen LogP contribution in [0, 0.1) is 11.3 Å². The molecule has 0 saturated carbocycles. The third kappa shape index (κ3) is 3.71. The minimum Gasteiger partial charge on any atom is -0.426 e. The van der Waals surface area contributed by atoms with E-state index < -0.39 is 11.9 Å². The molecule has 0 radical (unpaired) electrons. The molecule has 1 rings (SSSR count).